The Kier molecular flexibility index (Phi) is 2.31. The molecule has 5 heteroatoms. The molecule has 0 bridgehead atoms. The number of nitrogens with two attached hydrogens (primary N) is 1. The molecule has 84 valence electrons. The van der Waals surface area contributed by atoms with Crippen LogP contribution < -0.4 is 5.73 Å². The van der Waals surface area contributed by atoms with E-state index >= 15 is 0 Å². The van der Waals surface area contributed by atoms with Crippen molar-refractivity contribution in [1.82, 2.24) is 19.6 Å². The van der Waals surface area contributed by atoms with Gasteiger partial charge in [-0.2, -0.15) is 0 Å². The summed E-state index contributed by atoms with van der Waals surface area (Å²) in [5.41, 5.74) is 8.34. The molecule has 0 atom stereocenters. The Morgan fingerprint density at radius 3 is 3.00 bits per heavy atom. The van der Waals surface area contributed by atoms with Crippen LogP contribution in [0.5, 0.6) is 0 Å². The van der Waals surface area contributed by atoms with Gasteiger partial charge in [0.2, 0.25) is 0 Å². The lowest BCUT2D eigenvalue weighted by Gasteiger charge is -1.94. The maximum absolute atomic E-state index is 5.59. The third-order valence-corrected chi connectivity index (χ3v) is 2.56. The minimum atomic E-state index is 0.506. The molecule has 0 fully saturated rings. The molecule has 5 nitrogen and oxygen atoms in total. The summed E-state index contributed by atoms with van der Waals surface area (Å²) in [5.74, 6) is 0.673. The van der Waals surface area contributed by atoms with Gasteiger partial charge in [0.25, 0.3) is 0 Å². The summed E-state index contributed by atoms with van der Waals surface area (Å²) in [7, 11) is 0. The Balaban J connectivity index is 2.14. The van der Waals surface area contributed by atoms with Crippen LogP contribution in [0.2, 0.25) is 0 Å². The van der Waals surface area contributed by atoms with Gasteiger partial charge in [-0.1, -0.05) is 0 Å². The van der Waals surface area contributed by atoms with E-state index in [-0.39, 0.29) is 0 Å². The molecule has 0 saturated heterocycles. The van der Waals surface area contributed by atoms with Crippen molar-refractivity contribution in [2.24, 2.45) is 5.73 Å². The van der Waals surface area contributed by atoms with Crippen LogP contribution >= 0.6 is 0 Å². The van der Waals surface area contributed by atoms with Crippen LogP contribution in [0, 0.1) is 0 Å². The van der Waals surface area contributed by atoms with Crippen molar-refractivity contribution in [2.75, 3.05) is 0 Å². The molecule has 2 N–H and O–H groups in total. The van der Waals surface area contributed by atoms with E-state index in [1.54, 1.807) is 16.9 Å². The lowest BCUT2D eigenvalue weighted by atomic mass is 10.2. The standard InChI is InChI=1S/C12H11N5/c13-7-9-3-5-17-11(6-9)15-12(16-17)10-2-1-4-14-8-10/h1-6,8H,7,13H2. The highest BCUT2D eigenvalue weighted by atomic mass is 15.3. The molecule has 3 aromatic rings. The average Bonchev–Trinajstić information content (AvgIpc) is 2.82. The van der Waals surface area contributed by atoms with Gasteiger partial charge >= 0.3 is 0 Å². The van der Waals surface area contributed by atoms with Gasteiger partial charge in [-0.05, 0) is 29.8 Å². The highest BCUT2D eigenvalue weighted by molar-refractivity contribution is 5.57. The van der Waals surface area contributed by atoms with E-state index in [0.29, 0.717) is 12.4 Å². The lowest BCUT2D eigenvalue weighted by molar-refractivity contribution is 0.950. The summed E-state index contributed by atoms with van der Waals surface area (Å²) in [4.78, 5) is 8.50. The van der Waals surface area contributed by atoms with E-state index in [1.165, 1.54) is 0 Å². The van der Waals surface area contributed by atoms with E-state index in [0.717, 1.165) is 16.8 Å². The van der Waals surface area contributed by atoms with Crippen LogP contribution in [0.1, 0.15) is 5.56 Å². The molecule has 3 rings (SSSR count). The first-order valence-electron chi connectivity index (χ1n) is 5.32. The lowest BCUT2D eigenvalue weighted by Crippen LogP contribution is -1.97. The van der Waals surface area contributed by atoms with Gasteiger partial charge in [0, 0.05) is 30.7 Å². The average molecular weight is 225 g/mol. The number of aromatic nitrogens is 4. The van der Waals surface area contributed by atoms with Crippen molar-refractivity contribution < 1.29 is 0 Å². The number of nitrogens with zero attached hydrogens (tertiary/aromatic N) is 4. The van der Waals surface area contributed by atoms with Crippen molar-refractivity contribution in [3.63, 3.8) is 0 Å². The minimum absolute atomic E-state index is 0.506. The minimum Gasteiger partial charge on any atom is -0.326 e. The summed E-state index contributed by atoms with van der Waals surface area (Å²) in [6.45, 7) is 0.506. The zero-order valence-corrected chi connectivity index (χ0v) is 9.11. The van der Waals surface area contributed by atoms with Crippen molar-refractivity contribution in [3.05, 3.63) is 48.4 Å². The van der Waals surface area contributed by atoms with E-state index < -0.39 is 0 Å². The predicted molar refractivity (Wildman–Crippen MR) is 64.1 cm³/mol. The van der Waals surface area contributed by atoms with Gasteiger partial charge in [-0.3, -0.25) is 4.98 Å². The Labute approximate surface area is 97.9 Å². The Hall–Kier alpha value is -2.27. The molecule has 0 radical (unpaired) electrons. The number of rotatable bonds is 2. The van der Waals surface area contributed by atoms with Crippen LogP contribution in [0.25, 0.3) is 17.0 Å². The first-order chi connectivity index (χ1) is 8.36. The number of hydrogen-bond acceptors (Lipinski definition) is 4. The third kappa shape index (κ3) is 1.76. The molecule has 3 heterocycles. The largest absolute Gasteiger partial charge is 0.326 e. The maximum Gasteiger partial charge on any atom is 0.183 e. The molecular weight excluding hydrogens is 214 g/mol. The zero-order chi connectivity index (χ0) is 11.7. The van der Waals surface area contributed by atoms with E-state index in [1.807, 2.05) is 30.5 Å². The van der Waals surface area contributed by atoms with Gasteiger partial charge in [-0.25, -0.2) is 9.50 Å². The van der Waals surface area contributed by atoms with Crippen molar-refractivity contribution in [1.29, 1.82) is 0 Å². The van der Waals surface area contributed by atoms with Crippen LogP contribution in [-0.2, 0) is 6.54 Å². The predicted octanol–water partition coefficient (Wildman–Crippen LogP) is 1.25. The Morgan fingerprint density at radius 2 is 2.24 bits per heavy atom. The van der Waals surface area contributed by atoms with Gasteiger partial charge in [-0.15, -0.1) is 5.10 Å². The van der Waals surface area contributed by atoms with Gasteiger partial charge < -0.3 is 5.73 Å². The fraction of sp³-hybridized carbons (Fsp3) is 0.0833. The fourth-order valence-corrected chi connectivity index (χ4v) is 1.67. The second-order valence-electron chi connectivity index (χ2n) is 3.72. The first kappa shape index (κ1) is 9.92. The first-order valence-corrected chi connectivity index (χ1v) is 5.32. The van der Waals surface area contributed by atoms with Crippen LogP contribution in [-0.4, -0.2) is 19.6 Å². The Morgan fingerprint density at radius 1 is 1.29 bits per heavy atom. The van der Waals surface area contributed by atoms with E-state index in [2.05, 4.69) is 15.1 Å². The van der Waals surface area contributed by atoms with Crippen LogP contribution in [0.3, 0.4) is 0 Å². The number of hydrogen-bond donors (Lipinski definition) is 1. The fourth-order valence-electron chi connectivity index (χ4n) is 1.67. The molecule has 0 aliphatic carbocycles. The monoisotopic (exact) mass is 225 g/mol. The molecule has 3 aromatic heterocycles. The van der Waals surface area contributed by atoms with Crippen LogP contribution in [0.4, 0.5) is 0 Å². The molecule has 0 amide bonds. The van der Waals surface area contributed by atoms with Gasteiger partial charge in [0.15, 0.2) is 11.5 Å². The molecule has 0 spiro atoms. The van der Waals surface area contributed by atoms with Gasteiger partial charge in [0.05, 0.1) is 0 Å². The summed E-state index contributed by atoms with van der Waals surface area (Å²) < 4.78 is 1.74. The third-order valence-electron chi connectivity index (χ3n) is 2.56. The van der Waals surface area contributed by atoms with Crippen molar-refractivity contribution >= 4 is 5.65 Å². The second-order valence-corrected chi connectivity index (χ2v) is 3.72. The SMILES string of the molecule is NCc1ccn2nc(-c3cccnc3)nc2c1. The number of fused-ring (bicyclic) bond motifs is 1. The maximum atomic E-state index is 5.59. The van der Waals surface area contributed by atoms with Gasteiger partial charge in [0.1, 0.15) is 0 Å². The molecule has 17 heavy (non-hydrogen) atoms. The molecule has 0 aliphatic rings. The molecule has 0 aromatic carbocycles. The molecular formula is C12H11N5. The van der Waals surface area contributed by atoms with E-state index in [4.69, 9.17) is 5.73 Å². The highest BCUT2D eigenvalue weighted by Gasteiger charge is 2.06. The molecule has 0 unspecified atom stereocenters. The summed E-state index contributed by atoms with van der Waals surface area (Å²) in [5, 5.41) is 4.38. The van der Waals surface area contributed by atoms with Crippen molar-refractivity contribution in [2.45, 2.75) is 6.54 Å². The molecule has 0 aliphatic heterocycles. The highest BCUT2D eigenvalue weighted by Crippen LogP contribution is 2.15. The van der Waals surface area contributed by atoms with E-state index in [9.17, 15) is 0 Å². The van der Waals surface area contributed by atoms with Crippen molar-refractivity contribution in [3.8, 4) is 11.4 Å². The quantitative estimate of drug-likeness (QED) is 0.712. The summed E-state index contributed by atoms with van der Waals surface area (Å²) in [6.07, 6.45) is 5.34. The topological polar surface area (TPSA) is 69.1 Å². The smallest absolute Gasteiger partial charge is 0.183 e. The van der Waals surface area contributed by atoms with Crippen LogP contribution in [0.15, 0.2) is 42.9 Å². The normalized spacial score (nSPS) is 10.9. The molecule has 0 saturated carbocycles. The Bertz CT molecular complexity index is 644. The summed E-state index contributed by atoms with van der Waals surface area (Å²) >= 11 is 0. The summed E-state index contributed by atoms with van der Waals surface area (Å²) in [6, 6.07) is 7.68. The number of pyridine rings is 2. The zero-order valence-electron chi connectivity index (χ0n) is 9.11. The second kappa shape index (κ2) is 3.95.